The maximum Gasteiger partial charge on any atom is 0.264 e. The first-order valence-electron chi connectivity index (χ1n) is 11.3. The van der Waals surface area contributed by atoms with E-state index in [1.54, 1.807) is 30.0 Å². The molecule has 7 nitrogen and oxygen atoms in total. The van der Waals surface area contributed by atoms with Gasteiger partial charge in [0.15, 0.2) is 5.25 Å². The number of sulfonamides is 1. The van der Waals surface area contributed by atoms with Crippen LogP contribution in [0.3, 0.4) is 0 Å². The second-order valence-electron chi connectivity index (χ2n) is 8.39. The van der Waals surface area contributed by atoms with Crippen molar-refractivity contribution in [2.24, 2.45) is 0 Å². The largest absolute Gasteiger partial charge is 0.341 e. The Morgan fingerprint density at radius 2 is 1.85 bits per heavy atom. The minimum atomic E-state index is -3.83. The maximum atomic E-state index is 13.4. The van der Waals surface area contributed by atoms with Crippen molar-refractivity contribution in [1.82, 2.24) is 4.90 Å². The van der Waals surface area contributed by atoms with Crippen LogP contribution >= 0.6 is 11.8 Å². The van der Waals surface area contributed by atoms with Gasteiger partial charge in [-0.25, -0.2) is 8.42 Å². The Labute approximate surface area is 199 Å². The molecule has 176 valence electrons. The molecule has 2 aromatic rings. The lowest BCUT2D eigenvalue weighted by atomic mass is 10.2. The van der Waals surface area contributed by atoms with Crippen LogP contribution in [0.5, 0.6) is 0 Å². The summed E-state index contributed by atoms with van der Waals surface area (Å²) in [5.74, 6) is -0.569. The van der Waals surface area contributed by atoms with E-state index in [1.165, 1.54) is 22.1 Å². The number of rotatable bonds is 5. The Bertz CT molecular complexity index is 1160. The molecule has 2 aliphatic heterocycles. The van der Waals surface area contributed by atoms with Crippen molar-refractivity contribution in [2.75, 3.05) is 29.3 Å². The van der Waals surface area contributed by atoms with Crippen LogP contribution in [0.1, 0.15) is 38.2 Å². The Morgan fingerprint density at radius 1 is 1.12 bits per heavy atom. The summed E-state index contributed by atoms with van der Waals surface area (Å²) in [7, 11) is -3.83. The summed E-state index contributed by atoms with van der Waals surface area (Å²) < 4.78 is 28.2. The minimum absolute atomic E-state index is 0.0998. The summed E-state index contributed by atoms with van der Waals surface area (Å²) in [5.41, 5.74) is 1.98. The van der Waals surface area contributed by atoms with Crippen LogP contribution in [0, 0.1) is 6.92 Å². The molecule has 0 radical (unpaired) electrons. The molecule has 2 aromatic carbocycles. The van der Waals surface area contributed by atoms with Gasteiger partial charge in [-0.15, -0.1) is 11.8 Å². The van der Waals surface area contributed by atoms with E-state index in [4.69, 9.17) is 0 Å². The van der Waals surface area contributed by atoms with Crippen molar-refractivity contribution in [3.63, 3.8) is 0 Å². The molecule has 4 rings (SSSR count). The number of thioether (sulfide) groups is 1. The van der Waals surface area contributed by atoms with Crippen LogP contribution in [0.15, 0.2) is 52.3 Å². The molecule has 9 heteroatoms. The molecule has 2 heterocycles. The SMILES string of the molecule is CCN(c1cccc(C)c1)S(=O)(=O)c1ccc2c(c1)NC(=O)[C@@H](C(=O)N1CCCCCC1)S2. The van der Waals surface area contributed by atoms with Crippen LogP contribution in [0.2, 0.25) is 0 Å². The van der Waals surface area contributed by atoms with Gasteiger partial charge in [0.1, 0.15) is 0 Å². The highest BCUT2D eigenvalue weighted by Crippen LogP contribution is 2.38. The number of carbonyl (C=O) groups is 2. The lowest BCUT2D eigenvalue weighted by molar-refractivity contribution is -0.133. The molecule has 1 atom stereocenters. The fourth-order valence-electron chi connectivity index (χ4n) is 4.27. The third-order valence-electron chi connectivity index (χ3n) is 6.00. The fraction of sp³-hybridized carbons (Fsp3) is 0.417. The number of carbonyl (C=O) groups excluding carboxylic acids is 2. The van der Waals surface area contributed by atoms with E-state index in [0.29, 0.717) is 29.4 Å². The predicted octanol–water partition coefficient (Wildman–Crippen LogP) is 4.03. The van der Waals surface area contributed by atoms with Crippen molar-refractivity contribution < 1.29 is 18.0 Å². The third kappa shape index (κ3) is 4.89. The minimum Gasteiger partial charge on any atom is -0.341 e. The number of likely N-dealkylation sites (tertiary alicyclic amines) is 1. The molecule has 1 saturated heterocycles. The number of benzene rings is 2. The molecular weight excluding hydrogens is 458 g/mol. The Morgan fingerprint density at radius 3 is 2.52 bits per heavy atom. The summed E-state index contributed by atoms with van der Waals surface area (Å²) in [6.07, 6.45) is 4.12. The molecule has 2 aliphatic rings. The molecule has 0 aliphatic carbocycles. The first-order chi connectivity index (χ1) is 15.8. The van der Waals surface area contributed by atoms with Crippen molar-refractivity contribution in [1.29, 1.82) is 0 Å². The van der Waals surface area contributed by atoms with E-state index in [2.05, 4.69) is 5.32 Å². The predicted molar refractivity (Wildman–Crippen MR) is 131 cm³/mol. The summed E-state index contributed by atoms with van der Waals surface area (Å²) in [6, 6.07) is 12.1. The van der Waals surface area contributed by atoms with Crippen LogP contribution in [0.4, 0.5) is 11.4 Å². The monoisotopic (exact) mass is 487 g/mol. The number of hydrogen-bond donors (Lipinski definition) is 1. The zero-order valence-corrected chi connectivity index (χ0v) is 20.5. The van der Waals surface area contributed by atoms with Crippen molar-refractivity contribution >= 4 is 45.0 Å². The Kier molecular flexibility index (Phi) is 6.99. The second-order valence-corrected chi connectivity index (χ2v) is 11.4. The smallest absolute Gasteiger partial charge is 0.264 e. The molecule has 0 saturated carbocycles. The number of hydrogen-bond acceptors (Lipinski definition) is 5. The number of nitrogens with one attached hydrogen (secondary N) is 1. The topological polar surface area (TPSA) is 86.8 Å². The van der Waals surface area contributed by atoms with E-state index in [0.717, 1.165) is 31.2 Å². The lowest BCUT2D eigenvalue weighted by Crippen LogP contribution is -2.45. The first-order valence-corrected chi connectivity index (χ1v) is 13.6. The van der Waals surface area contributed by atoms with Gasteiger partial charge in [-0.2, -0.15) is 0 Å². The van der Waals surface area contributed by atoms with Gasteiger partial charge in [0.05, 0.1) is 16.3 Å². The first kappa shape index (κ1) is 23.6. The molecule has 0 spiro atoms. The number of nitrogens with zero attached hydrogens (tertiary/aromatic N) is 2. The third-order valence-corrected chi connectivity index (χ3v) is 9.16. The summed E-state index contributed by atoms with van der Waals surface area (Å²) in [6.45, 7) is 5.34. The van der Waals surface area contributed by atoms with Gasteiger partial charge in [-0.1, -0.05) is 25.0 Å². The Hall–Kier alpha value is -2.52. The van der Waals surface area contributed by atoms with E-state index >= 15 is 0 Å². The molecule has 0 aromatic heterocycles. The van der Waals surface area contributed by atoms with Crippen LogP contribution in [-0.4, -0.2) is 50.0 Å². The molecule has 1 fully saturated rings. The highest BCUT2D eigenvalue weighted by atomic mass is 32.2. The van der Waals surface area contributed by atoms with Crippen molar-refractivity contribution in [2.45, 2.75) is 54.6 Å². The summed E-state index contributed by atoms with van der Waals surface area (Å²) in [4.78, 5) is 28.4. The normalized spacial score (nSPS) is 18.8. The van der Waals surface area contributed by atoms with Crippen LogP contribution in [0.25, 0.3) is 0 Å². The lowest BCUT2D eigenvalue weighted by Gasteiger charge is -2.29. The van der Waals surface area contributed by atoms with Crippen molar-refractivity contribution in [3.05, 3.63) is 48.0 Å². The zero-order chi connectivity index (χ0) is 23.6. The molecule has 0 bridgehead atoms. The molecule has 2 amide bonds. The van der Waals surface area contributed by atoms with E-state index in [1.807, 2.05) is 25.1 Å². The van der Waals surface area contributed by atoms with Gasteiger partial charge >= 0.3 is 0 Å². The van der Waals surface area contributed by atoms with Crippen molar-refractivity contribution in [3.8, 4) is 0 Å². The van der Waals surface area contributed by atoms with Gasteiger partial charge in [0, 0.05) is 24.5 Å². The van der Waals surface area contributed by atoms with E-state index in [9.17, 15) is 18.0 Å². The van der Waals surface area contributed by atoms with Gasteiger partial charge in [0.2, 0.25) is 11.8 Å². The van der Waals surface area contributed by atoms with E-state index < -0.39 is 21.2 Å². The average molecular weight is 488 g/mol. The number of fused-ring (bicyclic) bond motifs is 1. The maximum absolute atomic E-state index is 13.4. The number of anilines is 2. The van der Waals surface area contributed by atoms with Crippen LogP contribution < -0.4 is 9.62 Å². The van der Waals surface area contributed by atoms with E-state index in [-0.39, 0.29) is 17.3 Å². The zero-order valence-electron chi connectivity index (χ0n) is 18.9. The second kappa shape index (κ2) is 9.77. The highest BCUT2D eigenvalue weighted by molar-refractivity contribution is 8.01. The van der Waals surface area contributed by atoms with Gasteiger partial charge in [0.25, 0.3) is 10.0 Å². The standard InChI is InChI=1S/C24H29N3O4S2/c1-3-27(18-10-8-9-17(2)15-18)33(30,31)19-11-12-21-20(16-19)25-23(28)22(32-21)24(29)26-13-6-4-5-7-14-26/h8-12,15-16,22H,3-7,13-14H2,1-2H3,(H,25,28)/t22-/m0/s1. The number of aryl methyl sites for hydroxylation is 1. The Balaban J connectivity index is 1.58. The summed E-state index contributed by atoms with van der Waals surface area (Å²) in [5, 5.41) is 1.92. The number of amides is 2. The average Bonchev–Trinajstić information content (AvgIpc) is 3.08. The fourth-order valence-corrected chi connectivity index (χ4v) is 6.82. The highest BCUT2D eigenvalue weighted by Gasteiger charge is 2.36. The van der Waals surface area contributed by atoms with Gasteiger partial charge in [-0.3, -0.25) is 13.9 Å². The molecular formula is C24H29N3O4S2. The van der Waals surface area contributed by atoms with Crippen LogP contribution in [-0.2, 0) is 19.6 Å². The molecule has 33 heavy (non-hydrogen) atoms. The van der Waals surface area contributed by atoms with Gasteiger partial charge in [-0.05, 0) is 62.6 Å². The molecule has 1 N–H and O–H groups in total. The summed E-state index contributed by atoms with van der Waals surface area (Å²) >= 11 is 1.19. The quantitative estimate of drug-likeness (QED) is 0.644. The molecule has 0 unspecified atom stereocenters. The van der Waals surface area contributed by atoms with Gasteiger partial charge < -0.3 is 10.2 Å².